The molecule has 0 aliphatic heterocycles. The predicted octanol–water partition coefficient (Wildman–Crippen LogP) is 4.13. The summed E-state index contributed by atoms with van der Waals surface area (Å²) >= 11 is 4.90. The lowest BCUT2D eigenvalue weighted by molar-refractivity contribution is 0.146. The van der Waals surface area contributed by atoms with Crippen molar-refractivity contribution in [3.05, 3.63) is 31.6 Å². The van der Waals surface area contributed by atoms with Crippen molar-refractivity contribution in [2.75, 3.05) is 0 Å². The minimum Gasteiger partial charge on any atom is -0.206 e. The highest BCUT2D eigenvalue weighted by Gasteiger charge is 2.14. The third-order valence-corrected chi connectivity index (χ3v) is 3.56. The zero-order valence-electron chi connectivity index (χ0n) is 5.62. The van der Waals surface area contributed by atoms with Gasteiger partial charge < -0.3 is 0 Å². The van der Waals surface area contributed by atoms with Crippen molar-refractivity contribution < 1.29 is 13.2 Å². The first-order valence-electron chi connectivity index (χ1n) is 2.95. The first-order valence-corrected chi connectivity index (χ1v) is 4.82. The van der Waals surface area contributed by atoms with Crippen LogP contribution in [0, 0.1) is 9.39 Å². The van der Waals surface area contributed by atoms with Crippen molar-refractivity contribution in [1.82, 2.24) is 0 Å². The largest absolute Gasteiger partial charge is 0.266 e. The summed E-state index contributed by atoms with van der Waals surface area (Å²) in [5, 5.41) is 0. The fourth-order valence-corrected chi connectivity index (χ4v) is 1.50. The van der Waals surface area contributed by atoms with Crippen LogP contribution in [0.2, 0.25) is 0 Å². The molecule has 0 aliphatic rings. The molecular weight excluding hydrogens is 348 g/mol. The van der Waals surface area contributed by atoms with Gasteiger partial charge in [-0.3, -0.25) is 0 Å². The highest BCUT2D eigenvalue weighted by Crippen LogP contribution is 2.28. The average Bonchev–Trinajstić information content (AvgIpc) is 1.96. The van der Waals surface area contributed by atoms with Crippen LogP contribution in [0.15, 0.2) is 16.6 Å². The summed E-state index contributed by atoms with van der Waals surface area (Å²) in [4.78, 5) is 0. The molecule has 66 valence electrons. The van der Waals surface area contributed by atoms with E-state index in [2.05, 4.69) is 15.9 Å². The number of rotatable bonds is 1. The molecule has 1 rings (SSSR count). The number of hydrogen-bond acceptors (Lipinski definition) is 0. The molecule has 0 saturated carbocycles. The molecule has 0 bridgehead atoms. The summed E-state index contributed by atoms with van der Waals surface area (Å²) in [6.07, 6.45) is -2.77. The lowest BCUT2D eigenvalue weighted by Crippen LogP contribution is -1.92. The molecule has 1 aromatic carbocycles. The molecule has 0 aromatic heterocycles. The SMILES string of the molecule is Fc1cc(I)c(Br)cc1C(F)F. The number of alkyl halides is 2. The fourth-order valence-electron chi connectivity index (χ4n) is 0.705. The van der Waals surface area contributed by atoms with Crippen molar-refractivity contribution in [3.63, 3.8) is 0 Å². The summed E-state index contributed by atoms with van der Waals surface area (Å²) < 4.78 is 38.0. The van der Waals surface area contributed by atoms with Crippen LogP contribution in [0.5, 0.6) is 0 Å². The van der Waals surface area contributed by atoms with Crippen molar-refractivity contribution in [2.45, 2.75) is 6.43 Å². The fraction of sp³-hybridized carbons (Fsp3) is 0.143. The maximum Gasteiger partial charge on any atom is 0.266 e. The van der Waals surface area contributed by atoms with Crippen molar-refractivity contribution in [3.8, 4) is 0 Å². The third-order valence-electron chi connectivity index (χ3n) is 1.27. The van der Waals surface area contributed by atoms with Gasteiger partial charge in [-0.2, -0.15) is 0 Å². The van der Waals surface area contributed by atoms with E-state index >= 15 is 0 Å². The van der Waals surface area contributed by atoms with Crippen LogP contribution in [-0.2, 0) is 0 Å². The Bertz CT molecular complexity index is 301. The zero-order chi connectivity index (χ0) is 9.30. The van der Waals surface area contributed by atoms with E-state index in [0.717, 1.165) is 12.1 Å². The molecule has 0 nitrogen and oxygen atoms in total. The maximum absolute atomic E-state index is 12.8. The second-order valence-corrected chi connectivity index (χ2v) is 4.11. The molecule has 5 heteroatoms. The lowest BCUT2D eigenvalue weighted by atomic mass is 10.2. The van der Waals surface area contributed by atoms with E-state index in [4.69, 9.17) is 0 Å². The van der Waals surface area contributed by atoms with Crippen LogP contribution >= 0.6 is 38.5 Å². The molecule has 0 N–H and O–H groups in total. The Labute approximate surface area is 89.4 Å². The van der Waals surface area contributed by atoms with Gasteiger partial charge in [-0.25, -0.2) is 13.2 Å². The Balaban J connectivity index is 3.23. The minimum atomic E-state index is -2.77. The van der Waals surface area contributed by atoms with Gasteiger partial charge in [0, 0.05) is 8.04 Å². The molecule has 0 atom stereocenters. The van der Waals surface area contributed by atoms with Gasteiger partial charge >= 0.3 is 0 Å². The number of hydrogen-bond donors (Lipinski definition) is 0. The lowest BCUT2D eigenvalue weighted by Gasteiger charge is -2.03. The molecule has 0 fully saturated rings. The molecule has 0 radical (unpaired) electrons. The van der Waals surface area contributed by atoms with Gasteiger partial charge in [0.2, 0.25) is 0 Å². The maximum atomic E-state index is 12.8. The molecule has 0 saturated heterocycles. The van der Waals surface area contributed by atoms with Crippen LogP contribution in [0.3, 0.4) is 0 Å². The first-order chi connectivity index (χ1) is 5.52. The quantitative estimate of drug-likeness (QED) is 0.527. The molecular formula is C7H3BrF3I. The van der Waals surface area contributed by atoms with Crippen molar-refractivity contribution in [2.24, 2.45) is 0 Å². The van der Waals surface area contributed by atoms with E-state index in [1.165, 1.54) is 0 Å². The van der Waals surface area contributed by atoms with E-state index in [9.17, 15) is 13.2 Å². The summed E-state index contributed by atoms with van der Waals surface area (Å²) in [5.74, 6) is -0.863. The van der Waals surface area contributed by atoms with Gasteiger partial charge in [-0.15, -0.1) is 0 Å². The Morgan fingerprint density at radius 3 is 2.42 bits per heavy atom. The number of benzene rings is 1. The Kier molecular flexibility index (Phi) is 3.39. The molecule has 0 aliphatic carbocycles. The van der Waals surface area contributed by atoms with Gasteiger partial charge in [0.15, 0.2) is 0 Å². The Morgan fingerprint density at radius 1 is 1.33 bits per heavy atom. The van der Waals surface area contributed by atoms with Crippen LogP contribution in [-0.4, -0.2) is 0 Å². The highest BCUT2D eigenvalue weighted by atomic mass is 127. The molecule has 12 heavy (non-hydrogen) atoms. The van der Waals surface area contributed by atoms with Crippen LogP contribution in [0.25, 0.3) is 0 Å². The van der Waals surface area contributed by atoms with E-state index in [0.29, 0.717) is 8.04 Å². The average molecular weight is 351 g/mol. The minimum absolute atomic E-state index is 0.486. The molecule has 0 heterocycles. The summed E-state index contributed by atoms with van der Waals surface area (Å²) in [7, 11) is 0. The van der Waals surface area contributed by atoms with Crippen molar-refractivity contribution in [1.29, 1.82) is 0 Å². The van der Waals surface area contributed by atoms with E-state index in [-0.39, 0.29) is 0 Å². The standard InChI is InChI=1S/C7H3BrF3I/c8-4-1-3(7(10)11)5(9)2-6(4)12/h1-2,7H. The normalized spacial score (nSPS) is 10.8. The van der Waals surface area contributed by atoms with E-state index in [1.54, 1.807) is 0 Å². The van der Waals surface area contributed by atoms with Gasteiger partial charge in [0.05, 0.1) is 5.56 Å². The second kappa shape index (κ2) is 3.95. The van der Waals surface area contributed by atoms with Gasteiger partial charge in [0.1, 0.15) is 5.82 Å². The predicted molar refractivity (Wildman–Crippen MR) is 51.8 cm³/mol. The smallest absolute Gasteiger partial charge is 0.206 e. The monoisotopic (exact) mass is 350 g/mol. The third kappa shape index (κ3) is 2.12. The molecule has 0 unspecified atom stereocenters. The van der Waals surface area contributed by atoms with E-state index < -0.39 is 17.8 Å². The van der Waals surface area contributed by atoms with Gasteiger partial charge in [-0.05, 0) is 50.7 Å². The molecule has 0 spiro atoms. The Morgan fingerprint density at radius 2 is 1.92 bits per heavy atom. The molecule has 0 amide bonds. The van der Waals surface area contributed by atoms with Crippen LogP contribution in [0.1, 0.15) is 12.0 Å². The van der Waals surface area contributed by atoms with Crippen molar-refractivity contribution >= 4 is 38.5 Å². The topological polar surface area (TPSA) is 0 Å². The van der Waals surface area contributed by atoms with Gasteiger partial charge in [0.25, 0.3) is 6.43 Å². The van der Waals surface area contributed by atoms with Crippen LogP contribution < -0.4 is 0 Å². The molecule has 1 aromatic rings. The number of halogens is 5. The van der Waals surface area contributed by atoms with Gasteiger partial charge in [-0.1, -0.05) is 0 Å². The zero-order valence-corrected chi connectivity index (χ0v) is 9.37. The van der Waals surface area contributed by atoms with Crippen LogP contribution in [0.4, 0.5) is 13.2 Å². The second-order valence-electron chi connectivity index (χ2n) is 2.09. The van der Waals surface area contributed by atoms with E-state index in [1.807, 2.05) is 22.6 Å². The first kappa shape index (κ1) is 10.3. The highest BCUT2D eigenvalue weighted by molar-refractivity contribution is 14.1. The summed E-state index contributed by atoms with van der Waals surface area (Å²) in [5.41, 5.74) is -0.567. The summed E-state index contributed by atoms with van der Waals surface area (Å²) in [6.45, 7) is 0. The summed E-state index contributed by atoms with van der Waals surface area (Å²) in [6, 6.07) is 2.17. The Hall–Kier alpha value is 0.220.